The van der Waals surface area contributed by atoms with Crippen molar-refractivity contribution in [3.8, 4) is 0 Å². The van der Waals surface area contributed by atoms with Crippen molar-refractivity contribution < 1.29 is 66.3 Å². The molecule has 3 N–H and O–H groups in total. The van der Waals surface area contributed by atoms with Crippen LogP contribution in [0.25, 0.3) is 0 Å². The van der Waals surface area contributed by atoms with Crippen LogP contribution in [0.4, 0.5) is 14.5 Å². The van der Waals surface area contributed by atoms with Gasteiger partial charge in [0.2, 0.25) is 5.91 Å². The van der Waals surface area contributed by atoms with Gasteiger partial charge >= 0.3 is 29.6 Å². The van der Waals surface area contributed by atoms with Crippen LogP contribution in [-0.4, -0.2) is 47.2 Å². The minimum Gasteiger partial charge on any atom is -0.744 e. The van der Waals surface area contributed by atoms with Gasteiger partial charge in [0.05, 0.1) is 16.7 Å². The molecule has 0 spiro atoms. The monoisotopic (exact) mass is 605 g/mol. The fourth-order valence-electron chi connectivity index (χ4n) is 9.77. The van der Waals surface area contributed by atoms with Crippen molar-refractivity contribution in [1.29, 1.82) is 0 Å². The van der Waals surface area contributed by atoms with Crippen LogP contribution in [0.1, 0.15) is 78.6 Å². The molecule has 0 aromatic heterocycles. The molecular formula is C30H42F2NNaO6S. The van der Waals surface area contributed by atoms with Gasteiger partial charge in [0, 0.05) is 12.8 Å². The Balaban J connectivity index is 0.00000387. The minimum atomic E-state index is -4.72. The van der Waals surface area contributed by atoms with E-state index in [1.807, 2.05) is 6.92 Å². The zero-order chi connectivity index (χ0) is 29.3. The molecule has 7 nitrogen and oxygen atoms in total. The second-order valence-electron chi connectivity index (χ2n) is 13.7. The summed E-state index contributed by atoms with van der Waals surface area (Å²) in [6, 6.07) is 5.56. The first-order valence-corrected chi connectivity index (χ1v) is 16.1. The average molecular weight is 606 g/mol. The molecule has 224 valence electrons. The first kappa shape index (κ1) is 33.3. The number of amides is 1. The number of benzene rings is 1. The van der Waals surface area contributed by atoms with Crippen LogP contribution in [0.2, 0.25) is 0 Å². The van der Waals surface area contributed by atoms with Gasteiger partial charge in [0.15, 0.2) is 0 Å². The molecule has 0 saturated heterocycles. The number of carbonyl (C=O) groups excluding carboxylic acids is 1. The van der Waals surface area contributed by atoms with Crippen LogP contribution in [0.3, 0.4) is 0 Å². The standard InChI is InChI=1S/C30H43F2NO6S.Na/c1-17(8-11-26(36)33-22-6-4-5-7-24(22)40(37,38)39)19-9-10-20-27-21(12-13-28(19,20)2)29(3)16-30(31,32)25(35)15-18(29)14-23(27)34;/h4-7,17-21,23,25,27,34-35H,8-16H2,1-3H3,(H,33,36)(H,37,38,39);/q;+1/p-1/t17-,18-,19-,20+,21+,23+,25-,27+,28-,29+;/m1./s1. The van der Waals surface area contributed by atoms with Crippen molar-refractivity contribution in [2.75, 3.05) is 5.32 Å². The fraction of sp³-hybridized carbons (Fsp3) is 0.767. The Hall–Kier alpha value is -0.620. The summed E-state index contributed by atoms with van der Waals surface area (Å²) in [6.07, 6.45) is 2.26. The summed E-state index contributed by atoms with van der Waals surface area (Å²) >= 11 is 0. The number of para-hydroxylation sites is 1. The quantitative estimate of drug-likeness (QED) is 0.337. The van der Waals surface area contributed by atoms with Crippen LogP contribution in [-0.2, 0) is 14.9 Å². The van der Waals surface area contributed by atoms with E-state index in [4.69, 9.17) is 0 Å². The summed E-state index contributed by atoms with van der Waals surface area (Å²) in [5, 5.41) is 24.0. The van der Waals surface area contributed by atoms with E-state index in [1.54, 1.807) is 6.07 Å². The van der Waals surface area contributed by atoms with Gasteiger partial charge in [-0.3, -0.25) is 4.79 Å². The Kier molecular flexibility index (Phi) is 9.50. The SMILES string of the molecule is C[C@H](CCC(=O)Nc1ccccc1S(=O)(=O)[O-])[C@H]1CC[C@H]2[C@@H]3[C@@H](O)C[C@@H]4C[C@@H](O)C(F)(F)C[C@]4(C)[C@H]3CC[C@]12C.[Na+]. The number of halogens is 2. The fourth-order valence-corrected chi connectivity index (χ4v) is 10.4. The van der Waals surface area contributed by atoms with Gasteiger partial charge in [-0.15, -0.1) is 0 Å². The van der Waals surface area contributed by atoms with Crippen molar-refractivity contribution >= 4 is 21.7 Å². The maximum Gasteiger partial charge on any atom is 1.00 e. The normalized spacial score (nSPS) is 40.3. The predicted molar refractivity (Wildman–Crippen MR) is 144 cm³/mol. The Labute approximate surface area is 264 Å². The van der Waals surface area contributed by atoms with E-state index in [9.17, 15) is 36.8 Å². The van der Waals surface area contributed by atoms with E-state index in [2.05, 4.69) is 19.2 Å². The summed E-state index contributed by atoms with van der Waals surface area (Å²) < 4.78 is 64.1. The molecule has 0 heterocycles. The Morgan fingerprint density at radius 2 is 1.76 bits per heavy atom. The number of aliphatic hydroxyl groups excluding tert-OH is 2. The largest absolute Gasteiger partial charge is 1.00 e. The Morgan fingerprint density at radius 3 is 2.44 bits per heavy atom. The topological polar surface area (TPSA) is 127 Å². The van der Waals surface area contributed by atoms with Crippen molar-refractivity contribution in [3.63, 3.8) is 0 Å². The number of anilines is 1. The first-order chi connectivity index (χ1) is 18.6. The van der Waals surface area contributed by atoms with Gasteiger partial charge in [-0.1, -0.05) is 32.9 Å². The van der Waals surface area contributed by atoms with Crippen molar-refractivity contribution in [1.82, 2.24) is 0 Å². The average Bonchev–Trinajstić information content (AvgIpc) is 3.21. The van der Waals surface area contributed by atoms with Crippen LogP contribution < -0.4 is 34.9 Å². The van der Waals surface area contributed by atoms with E-state index < -0.39 is 38.6 Å². The number of aliphatic hydroxyl groups is 2. The van der Waals surface area contributed by atoms with Crippen LogP contribution in [0.15, 0.2) is 29.2 Å². The molecule has 0 radical (unpaired) electrons. The van der Waals surface area contributed by atoms with Crippen molar-refractivity contribution in [2.24, 2.45) is 46.3 Å². The van der Waals surface area contributed by atoms with Gasteiger partial charge < -0.3 is 20.1 Å². The molecule has 5 rings (SSSR count). The molecule has 10 atom stereocenters. The van der Waals surface area contributed by atoms with Crippen molar-refractivity contribution in [2.45, 2.75) is 102 Å². The molecule has 4 aliphatic carbocycles. The third-order valence-corrected chi connectivity index (χ3v) is 12.6. The van der Waals surface area contributed by atoms with Crippen LogP contribution >= 0.6 is 0 Å². The summed E-state index contributed by atoms with van der Waals surface area (Å²) in [7, 11) is -4.72. The summed E-state index contributed by atoms with van der Waals surface area (Å²) in [6.45, 7) is 6.37. The van der Waals surface area contributed by atoms with Gasteiger partial charge in [-0.2, -0.15) is 0 Å². The number of nitrogens with one attached hydrogen (secondary N) is 1. The maximum atomic E-state index is 14.8. The molecule has 0 unspecified atom stereocenters. The summed E-state index contributed by atoms with van der Waals surface area (Å²) in [5.74, 6) is -2.90. The second-order valence-corrected chi connectivity index (χ2v) is 15.1. The Morgan fingerprint density at radius 1 is 1.10 bits per heavy atom. The number of rotatable bonds is 6. The molecule has 0 bridgehead atoms. The minimum absolute atomic E-state index is 0. The molecule has 4 saturated carbocycles. The van der Waals surface area contributed by atoms with E-state index in [-0.39, 0.29) is 95.4 Å². The molecule has 1 aromatic carbocycles. The third-order valence-electron chi connectivity index (χ3n) is 11.7. The molecule has 1 aromatic rings. The zero-order valence-corrected chi connectivity index (χ0v) is 27.3. The van der Waals surface area contributed by atoms with E-state index in [0.717, 1.165) is 25.7 Å². The third kappa shape index (κ3) is 5.92. The molecule has 11 heteroatoms. The number of hydrogen-bond donors (Lipinski definition) is 3. The van der Waals surface area contributed by atoms with Crippen LogP contribution in [0.5, 0.6) is 0 Å². The van der Waals surface area contributed by atoms with E-state index in [1.165, 1.54) is 18.2 Å². The summed E-state index contributed by atoms with van der Waals surface area (Å²) in [5.41, 5.74) is -0.689. The molecule has 41 heavy (non-hydrogen) atoms. The van der Waals surface area contributed by atoms with Crippen LogP contribution in [0, 0.1) is 46.3 Å². The van der Waals surface area contributed by atoms with E-state index >= 15 is 0 Å². The predicted octanol–water partition coefficient (Wildman–Crippen LogP) is 2.19. The number of alkyl halides is 2. The number of hydrogen-bond acceptors (Lipinski definition) is 6. The van der Waals surface area contributed by atoms with Gasteiger partial charge in [-0.05, 0) is 103 Å². The molecule has 4 fully saturated rings. The molecule has 1 amide bonds. The molecule has 0 aliphatic heterocycles. The molecule has 4 aliphatic rings. The first-order valence-electron chi connectivity index (χ1n) is 14.7. The Bertz CT molecular complexity index is 1250. The maximum absolute atomic E-state index is 14.8. The van der Waals surface area contributed by atoms with Gasteiger partial charge in [0.25, 0.3) is 5.92 Å². The van der Waals surface area contributed by atoms with Crippen molar-refractivity contribution in [3.05, 3.63) is 24.3 Å². The van der Waals surface area contributed by atoms with E-state index in [0.29, 0.717) is 18.8 Å². The number of fused-ring (bicyclic) bond motifs is 5. The summed E-state index contributed by atoms with van der Waals surface area (Å²) in [4.78, 5) is 12.3. The second kappa shape index (κ2) is 11.7. The van der Waals surface area contributed by atoms with Gasteiger partial charge in [0.1, 0.15) is 16.2 Å². The van der Waals surface area contributed by atoms with Gasteiger partial charge in [-0.25, -0.2) is 17.2 Å². The smallest absolute Gasteiger partial charge is 0.744 e. The molecular weight excluding hydrogens is 563 g/mol. The number of carbonyl (C=O) groups is 1. The zero-order valence-electron chi connectivity index (χ0n) is 24.5.